The molecule has 9 heteroatoms. The van der Waals surface area contributed by atoms with Crippen molar-refractivity contribution in [1.82, 2.24) is 24.7 Å². The lowest BCUT2D eigenvalue weighted by Crippen LogP contribution is -2.47. The first-order valence-electron chi connectivity index (χ1n) is 13.7. The van der Waals surface area contributed by atoms with Crippen LogP contribution >= 0.6 is 23.2 Å². The summed E-state index contributed by atoms with van der Waals surface area (Å²) in [6.07, 6.45) is 5.78. The molecule has 1 N–H and O–H groups in total. The van der Waals surface area contributed by atoms with Gasteiger partial charge in [0.2, 0.25) is 5.91 Å². The van der Waals surface area contributed by atoms with E-state index in [1.165, 1.54) is 0 Å². The number of nitrogens with zero attached hydrogens (tertiary/aromatic N) is 4. The van der Waals surface area contributed by atoms with Gasteiger partial charge in [0.15, 0.2) is 0 Å². The Kier molecular flexibility index (Phi) is 7.40. The van der Waals surface area contributed by atoms with E-state index in [4.69, 9.17) is 23.2 Å². The third kappa shape index (κ3) is 5.32. The number of hydrogen-bond donors (Lipinski definition) is 1. The molecule has 1 aliphatic carbocycles. The number of carbonyl (C=O) groups is 2. The number of benzene rings is 2. The van der Waals surface area contributed by atoms with Gasteiger partial charge in [0.05, 0.1) is 12.0 Å². The van der Waals surface area contributed by atoms with Gasteiger partial charge in [-0.1, -0.05) is 35.3 Å². The highest BCUT2D eigenvalue weighted by molar-refractivity contribution is 6.36. The number of aromatic amines is 1. The predicted octanol–water partition coefficient (Wildman–Crippen LogP) is 4.72. The number of fused-ring (bicyclic) bond motifs is 1. The van der Waals surface area contributed by atoms with Gasteiger partial charge in [-0.3, -0.25) is 9.59 Å². The molecule has 3 aliphatic rings. The Morgan fingerprint density at radius 2 is 1.72 bits per heavy atom. The number of likely N-dealkylation sites (N-methyl/N-ethyl adjacent to an activating group) is 1. The fourth-order valence-electron chi connectivity index (χ4n) is 6.17. The lowest BCUT2D eigenvalue weighted by Gasteiger charge is -2.32. The smallest absolute Gasteiger partial charge is 0.253 e. The molecule has 7 nitrogen and oxygen atoms in total. The highest BCUT2D eigenvalue weighted by Crippen LogP contribution is 2.36. The van der Waals surface area contributed by atoms with Gasteiger partial charge in [-0.25, -0.2) is 4.98 Å². The summed E-state index contributed by atoms with van der Waals surface area (Å²) in [6.45, 7) is 4.05. The predicted molar refractivity (Wildman–Crippen MR) is 153 cm³/mol. The molecule has 0 radical (unpaired) electrons. The maximum absolute atomic E-state index is 13.4. The molecule has 2 fully saturated rings. The van der Waals surface area contributed by atoms with Gasteiger partial charge in [-0.2, -0.15) is 0 Å². The van der Waals surface area contributed by atoms with E-state index in [0.29, 0.717) is 22.0 Å². The van der Waals surface area contributed by atoms with Crippen molar-refractivity contribution in [3.63, 3.8) is 0 Å². The van der Waals surface area contributed by atoms with Gasteiger partial charge in [-0.05, 0) is 73.7 Å². The van der Waals surface area contributed by atoms with Crippen LogP contribution in [0.25, 0.3) is 11.1 Å². The summed E-state index contributed by atoms with van der Waals surface area (Å²) >= 11 is 13.5. The molecule has 0 spiro atoms. The van der Waals surface area contributed by atoms with Crippen molar-refractivity contribution in [2.45, 2.75) is 38.1 Å². The summed E-state index contributed by atoms with van der Waals surface area (Å²) < 4.78 is 0. The van der Waals surface area contributed by atoms with Crippen molar-refractivity contribution in [1.29, 1.82) is 0 Å². The first-order valence-corrected chi connectivity index (χ1v) is 14.5. The minimum atomic E-state index is -0.117. The van der Waals surface area contributed by atoms with Crippen LogP contribution in [0.15, 0.2) is 42.7 Å². The molecule has 3 aromatic rings. The van der Waals surface area contributed by atoms with Crippen molar-refractivity contribution in [2.24, 2.45) is 5.92 Å². The van der Waals surface area contributed by atoms with Crippen LogP contribution in [-0.4, -0.2) is 82.3 Å². The molecule has 0 bridgehead atoms. The highest BCUT2D eigenvalue weighted by Gasteiger charge is 2.38. The molecule has 39 heavy (non-hydrogen) atoms. The molecule has 2 aromatic carbocycles. The maximum atomic E-state index is 13.4. The van der Waals surface area contributed by atoms with Crippen LogP contribution in [0.2, 0.25) is 10.0 Å². The summed E-state index contributed by atoms with van der Waals surface area (Å²) in [7, 11) is 2.08. The minimum Gasteiger partial charge on any atom is -0.348 e. The number of halogens is 2. The summed E-state index contributed by atoms with van der Waals surface area (Å²) in [5.74, 6) is 0.142. The molecule has 0 saturated carbocycles. The number of nitrogens with one attached hydrogen (secondary N) is 1. The van der Waals surface area contributed by atoms with Gasteiger partial charge in [0.1, 0.15) is 0 Å². The molecule has 2 aliphatic heterocycles. The number of imidazole rings is 1. The average molecular weight is 567 g/mol. The zero-order valence-electron chi connectivity index (χ0n) is 22.1. The average Bonchev–Trinajstić information content (AvgIpc) is 3.56. The van der Waals surface area contributed by atoms with E-state index in [2.05, 4.69) is 26.8 Å². The second-order valence-electron chi connectivity index (χ2n) is 11.0. The van der Waals surface area contributed by atoms with Crippen LogP contribution in [0.1, 0.15) is 40.2 Å². The number of aromatic nitrogens is 2. The normalized spacial score (nSPS) is 21.9. The standard InChI is InChI=1S/C30H33Cl2N5O2/c1-35-10-12-36(13-11-35)29(38)20-4-2-19(3-5-20)22-15-25(31)24(26(32)16-22)14-21-8-9-37(30(21)39)23-6-7-27-28(17-23)34-18-33-27/h2-5,15-16,18,21,23H,6-14,17H2,1H3,(H,33,34). The largest absolute Gasteiger partial charge is 0.348 e. The summed E-state index contributed by atoms with van der Waals surface area (Å²) in [4.78, 5) is 40.1. The number of H-pyrrole nitrogens is 1. The number of hydrogen-bond acceptors (Lipinski definition) is 4. The van der Waals surface area contributed by atoms with E-state index < -0.39 is 0 Å². The van der Waals surface area contributed by atoms with Crippen LogP contribution in [0.5, 0.6) is 0 Å². The molecule has 3 heterocycles. The Bertz CT molecular complexity index is 1360. The van der Waals surface area contributed by atoms with Gasteiger partial charge < -0.3 is 19.7 Å². The molecular weight excluding hydrogens is 533 g/mol. The number of carbonyl (C=O) groups excluding carboxylic acids is 2. The van der Waals surface area contributed by atoms with E-state index in [0.717, 1.165) is 86.5 Å². The fourth-order valence-corrected chi connectivity index (χ4v) is 6.81. The molecule has 2 amide bonds. The van der Waals surface area contributed by atoms with Gasteiger partial charge in [0, 0.05) is 72.4 Å². The Morgan fingerprint density at radius 3 is 2.44 bits per heavy atom. The molecule has 204 valence electrons. The van der Waals surface area contributed by atoms with E-state index in [1.54, 1.807) is 6.33 Å². The molecular formula is C30H33Cl2N5O2. The van der Waals surface area contributed by atoms with Crippen molar-refractivity contribution >= 4 is 35.0 Å². The zero-order valence-corrected chi connectivity index (χ0v) is 23.6. The number of amides is 2. The first kappa shape index (κ1) is 26.4. The topological polar surface area (TPSA) is 72.5 Å². The summed E-state index contributed by atoms with van der Waals surface area (Å²) in [6, 6.07) is 11.7. The molecule has 2 atom stereocenters. The minimum absolute atomic E-state index is 0.0644. The summed E-state index contributed by atoms with van der Waals surface area (Å²) in [5, 5.41) is 1.14. The van der Waals surface area contributed by atoms with Crippen LogP contribution in [0, 0.1) is 5.92 Å². The Hall–Kier alpha value is -2.87. The molecule has 1 aromatic heterocycles. The quantitative estimate of drug-likeness (QED) is 0.486. The number of rotatable bonds is 5. The monoisotopic (exact) mass is 565 g/mol. The maximum Gasteiger partial charge on any atom is 0.253 e. The molecule has 2 saturated heterocycles. The molecule has 2 unspecified atom stereocenters. The second-order valence-corrected chi connectivity index (χ2v) is 11.9. The van der Waals surface area contributed by atoms with Crippen LogP contribution in [0.3, 0.4) is 0 Å². The zero-order chi connectivity index (χ0) is 27.1. The van der Waals surface area contributed by atoms with Crippen LogP contribution in [-0.2, 0) is 24.1 Å². The number of piperazine rings is 1. The lowest BCUT2D eigenvalue weighted by molar-refractivity contribution is -0.133. The number of aryl methyl sites for hydroxylation is 1. The third-order valence-corrected chi connectivity index (χ3v) is 9.27. The van der Waals surface area contributed by atoms with Gasteiger partial charge in [0.25, 0.3) is 5.91 Å². The van der Waals surface area contributed by atoms with Crippen LogP contribution < -0.4 is 0 Å². The van der Waals surface area contributed by atoms with E-state index >= 15 is 0 Å². The van der Waals surface area contributed by atoms with Crippen molar-refractivity contribution in [3.05, 3.63) is 75.3 Å². The SMILES string of the molecule is CN1CCN(C(=O)c2ccc(-c3cc(Cl)c(CC4CCN(C5CCc6nc[nH]c6C5)C4=O)c(Cl)c3)cc2)CC1. The second kappa shape index (κ2) is 11.0. The van der Waals surface area contributed by atoms with Crippen molar-refractivity contribution in [2.75, 3.05) is 39.8 Å². The first-order chi connectivity index (χ1) is 18.9. The Balaban J connectivity index is 1.12. The lowest BCUT2D eigenvalue weighted by atomic mass is 9.94. The third-order valence-electron chi connectivity index (χ3n) is 8.60. The Morgan fingerprint density at radius 1 is 1.00 bits per heavy atom. The van der Waals surface area contributed by atoms with E-state index in [9.17, 15) is 9.59 Å². The van der Waals surface area contributed by atoms with Crippen LogP contribution in [0.4, 0.5) is 0 Å². The van der Waals surface area contributed by atoms with Crippen molar-refractivity contribution < 1.29 is 9.59 Å². The fraction of sp³-hybridized carbons (Fsp3) is 0.433. The van der Waals surface area contributed by atoms with E-state index in [1.807, 2.05) is 41.3 Å². The molecule has 6 rings (SSSR count). The Labute approximate surface area is 239 Å². The van der Waals surface area contributed by atoms with E-state index in [-0.39, 0.29) is 23.8 Å². The summed E-state index contributed by atoms with van der Waals surface area (Å²) in [5.41, 5.74) is 5.63. The van der Waals surface area contributed by atoms with Gasteiger partial charge in [-0.15, -0.1) is 0 Å². The van der Waals surface area contributed by atoms with Crippen molar-refractivity contribution in [3.8, 4) is 11.1 Å². The number of likely N-dealkylation sites (tertiary alicyclic amines) is 1. The highest BCUT2D eigenvalue weighted by atomic mass is 35.5. The van der Waals surface area contributed by atoms with Gasteiger partial charge >= 0.3 is 0 Å².